The highest BCUT2D eigenvalue weighted by Gasteiger charge is 2.33. The van der Waals surface area contributed by atoms with E-state index < -0.39 is 5.97 Å². The van der Waals surface area contributed by atoms with Crippen LogP contribution in [0.1, 0.15) is 24.8 Å². The molecule has 1 aliphatic carbocycles. The average Bonchev–Trinajstić information content (AvgIpc) is 3.43. The van der Waals surface area contributed by atoms with E-state index in [1.807, 2.05) is 0 Å². The lowest BCUT2D eigenvalue weighted by molar-refractivity contribution is -0.138. The van der Waals surface area contributed by atoms with E-state index in [1.165, 1.54) is 12.0 Å². The molecule has 142 valence electrons. The monoisotopic (exact) mass is 407 g/mol. The molecular weight excluding hydrogens is 390 g/mol. The molecular formula is C18H17NO6S2. The van der Waals surface area contributed by atoms with Gasteiger partial charge in [0.2, 0.25) is 0 Å². The first-order valence-electron chi connectivity index (χ1n) is 8.26. The number of benzene rings is 1. The number of carboxylic acids is 1. The van der Waals surface area contributed by atoms with Crippen molar-refractivity contribution >= 4 is 52.2 Å². The van der Waals surface area contributed by atoms with E-state index in [4.69, 9.17) is 26.8 Å². The quantitative estimate of drug-likeness (QED) is 0.319. The lowest BCUT2D eigenvalue weighted by atomic mass is 10.2. The van der Waals surface area contributed by atoms with Crippen molar-refractivity contribution in [2.45, 2.75) is 19.3 Å². The van der Waals surface area contributed by atoms with Crippen LogP contribution in [0.5, 0.6) is 11.5 Å². The molecule has 2 fully saturated rings. The summed E-state index contributed by atoms with van der Waals surface area (Å²) in [6.07, 6.45) is 3.18. The second-order valence-corrected chi connectivity index (χ2v) is 7.76. The number of aliphatic carboxylic acids is 1. The SMILES string of the molecule is COc1cc(/C=C2\SC(=S)N(CCC(=O)O)C2=O)ccc1OC(=O)C1CC1. The molecule has 0 bridgehead atoms. The van der Waals surface area contributed by atoms with Crippen LogP contribution in [0.25, 0.3) is 6.08 Å². The lowest BCUT2D eigenvalue weighted by Gasteiger charge is -2.12. The van der Waals surface area contributed by atoms with Crippen molar-refractivity contribution in [1.29, 1.82) is 0 Å². The maximum atomic E-state index is 12.4. The second-order valence-electron chi connectivity index (χ2n) is 6.08. The van der Waals surface area contributed by atoms with Crippen LogP contribution in [-0.4, -0.2) is 45.8 Å². The number of thioether (sulfide) groups is 1. The molecule has 1 aromatic rings. The van der Waals surface area contributed by atoms with Gasteiger partial charge in [0.1, 0.15) is 4.32 Å². The lowest BCUT2D eigenvalue weighted by Crippen LogP contribution is -2.30. The van der Waals surface area contributed by atoms with Crippen LogP contribution >= 0.6 is 24.0 Å². The van der Waals surface area contributed by atoms with E-state index in [1.54, 1.807) is 24.3 Å². The van der Waals surface area contributed by atoms with Crippen LogP contribution in [0.3, 0.4) is 0 Å². The topological polar surface area (TPSA) is 93.1 Å². The number of ether oxygens (including phenoxy) is 2. The molecule has 3 rings (SSSR count). The van der Waals surface area contributed by atoms with Crippen molar-refractivity contribution in [1.82, 2.24) is 4.90 Å². The first-order valence-corrected chi connectivity index (χ1v) is 9.48. The predicted octanol–water partition coefficient (Wildman–Crippen LogP) is 2.69. The van der Waals surface area contributed by atoms with E-state index >= 15 is 0 Å². The largest absolute Gasteiger partial charge is 0.493 e. The Balaban J connectivity index is 1.76. The van der Waals surface area contributed by atoms with Gasteiger partial charge < -0.3 is 14.6 Å². The minimum atomic E-state index is -0.992. The number of amides is 1. The summed E-state index contributed by atoms with van der Waals surface area (Å²) >= 11 is 6.28. The number of rotatable bonds is 7. The average molecular weight is 407 g/mol. The minimum Gasteiger partial charge on any atom is -0.493 e. The molecule has 0 unspecified atom stereocenters. The van der Waals surface area contributed by atoms with Crippen LogP contribution in [-0.2, 0) is 14.4 Å². The highest BCUT2D eigenvalue weighted by Crippen LogP contribution is 2.36. The molecule has 1 aromatic carbocycles. The van der Waals surface area contributed by atoms with E-state index in [0.29, 0.717) is 26.3 Å². The number of thiocarbonyl (C=S) groups is 1. The summed E-state index contributed by atoms with van der Waals surface area (Å²) < 4.78 is 11.0. The summed E-state index contributed by atoms with van der Waals surface area (Å²) in [7, 11) is 1.47. The molecule has 0 radical (unpaired) electrons. The van der Waals surface area contributed by atoms with Gasteiger partial charge >= 0.3 is 11.9 Å². The Bertz CT molecular complexity index is 846. The number of carbonyl (C=O) groups is 3. The van der Waals surface area contributed by atoms with E-state index in [-0.39, 0.29) is 30.8 Å². The van der Waals surface area contributed by atoms with Gasteiger partial charge in [0.15, 0.2) is 11.5 Å². The van der Waals surface area contributed by atoms with Crippen LogP contribution in [0.2, 0.25) is 0 Å². The zero-order valence-corrected chi connectivity index (χ0v) is 16.1. The summed E-state index contributed by atoms with van der Waals surface area (Å²) in [4.78, 5) is 36.7. The van der Waals surface area contributed by atoms with Crippen molar-refractivity contribution in [2.24, 2.45) is 5.92 Å². The highest BCUT2D eigenvalue weighted by atomic mass is 32.2. The summed E-state index contributed by atoms with van der Waals surface area (Å²) in [5.74, 6) is -0.884. The molecule has 1 saturated carbocycles. The number of hydrogen-bond acceptors (Lipinski definition) is 7. The number of hydrogen-bond donors (Lipinski definition) is 1. The van der Waals surface area contributed by atoms with Gasteiger partial charge in [-0.15, -0.1) is 0 Å². The van der Waals surface area contributed by atoms with E-state index in [2.05, 4.69) is 0 Å². The van der Waals surface area contributed by atoms with E-state index in [0.717, 1.165) is 24.6 Å². The second kappa shape index (κ2) is 8.10. The van der Waals surface area contributed by atoms with Crippen molar-refractivity contribution in [3.8, 4) is 11.5 Å². The van der Waals surface area contributed by atoms with Crippen LogP contribution in [0.15, 0.2) is 23.1 Å². The van der Waals surface area contributed by atoms with Gasteiger partial charge in [-0.3, -0.25) is 19.3 Å². The number of carboxylic acid groups (broad SMARTS) is 1. The predicted molar refractivity (Wildman–Crippen MR) is 103 cm³/mol. The molecule has 1 amide bonds. The number of carbonyl (C=O) groups excluding carboxylic acids is 2. The number of nitrogens with zero attached hydrogens (tertiary/aromatic N) is 1. The first-order chi connectivity index (χ1) is 12.9. The molecule has 7 nitrogen and oxygen atoms in total. The third-order valence-corrected chi connectivity index (χ3v) is 5.41. The zero-order valence-electron chi connectivity index (χ0n) is 14.5. The Hall–Kier alpha value is -2.39. The number of methoxy groups -OCH3 is 1. The van der Waals surface area contributed by atoms with Crippen LogP contribution in [0.4, 0.5) is 0 Å². The Kier molecular flexibility index (Phi) is 5.81. The molecule has 0 atom stereocenters. The molecule has 1 aliphatic heterocycles. The van der Waals surface area contributed by atoms with Crippen molar-refractivity contribution in [3.05, 3.63) is 28.7 Å². The fourth-order valence-electron chi connectivity index (χ4n) is 2.42. The molecule has 1 N–H and O–H groups in total. The smallest absolute Gasteiger partial charge is 0.314 e. The van der Waals surface area contributed by atoms with Crippen molar-refractivity contribution < 1.29 is 29.0 Å². The third kappa shape index (κ3) is 4.67. The van der Waals surface area contributed by atoms with Gasteiger partial charge in [-0.05, 0) is 36.6 Å². The normalized spacial score (nSPS) is 18.1. The van der Waals surface area contributed by atoms with Crippen molar-refractivity contribution in [2.75, 3.05) is 13.7 Å². The van der Waals surface area contributed by atoms with E-state index in [9.17, 15) is 14.4 Å². The summed E-state index contributed by atoms with van der Waals surface area (Å²) in [5, 5.41) is 8.78. The van der Waals surface area contributed by atoms with Gasteiger partial charge in [-0.1, -0.05) is 30.0 Å². The molecule has 1 saturated heterocycles. The maximum Gasteiger partial charge on any atom is 0.314 e. The summed E-state index contributed by atoms with van der Waals surface area (Å²) in [6, 6.07) is 5.00. The number of esters is 1. The summed E-state index contributed by atoms with van der Waals surface area (Å²) in [5.41, 5.74) is 0.678. The van der Waals surface area contributed by atoms with Gasteiger partial charge in [0.25, 0.3) is 5.91 Å². The maximum absolute atomic E-state index is 12.4. The Morgan fingerprint density at radius 2 is 2.11 bits per heavy atom. The minimum absolute atomic E-state index is 0.0261. The third-order valence-electron chi connectivity index (χ3n) is 4.03. The highest BCUT2D eigenvalue weighted by molar-refractivity contribution is 8.26. The Labute approximate surface area is 165 Å². The molecule has 2 aliphatic rings. The Morgan fingerprint density at radius 3 is 2.74 bits per heavy atom. The molecule has 1 heterocycles. The fourth-order valence-corrected chi connectivity index (χ4v) is 3.73. The Morgan fingerprint density at radius 1 is 1.37 bits per heavy atom. The van der Waals surface area contributed by atoms with Gasteiger partial charge in [-0.25, -0.2) is 0 Å². The van der Waals surface area contributed by atoms with Gasteiger partial charge in [0, 0.05) is 6.54 Å². The molecule has 27 heavy (non-hydrogen) atoms. The fraction of sp³-hybridized carbons (Fsp3) is 0.333. The standard InChI is InChI=1S/C18H17NO6S2/c1-24-13-8-10(2-5-12(13)25-17(23)11-3-4-11)9-14-16(22)19(18(26)27-14)7-6-15(20)21/h2,5,8-9,11H,3-4,6-7H2,1H3,(H,20,21)/b14-9-. The molecule has 0 aromatic heterocycles. The van der Waals surface area contributed by atoms with Gasteiger partial charge in [-0.2, -0.15) is 0 Å². The zero-order chi connectivity index (χ0) is 19.6. The van der Waals surface area contributed by atoms with Crippen molar-refractivity contribution in [3.63, 3.8) is 0 Å². The summed E-state index contributed by atoms with van der Waals surface area (Å²) in [6.45, 7) is 0.0384. The van der Waals surface area contributed by atoms with Gasteiger partial charge in [0.05, 0.1) is 24.4 Å². The molecule has 0 spiro atoms. The molecule has 9 heteroatoms. The first kappa shape index (κ1) is 19.4. The van der Waals surface area contributed by atoms with Crippen LogP contribution in [0, 0.1) is 5.92 Å². The van der Waals surface area contributed by atoms with Crippen LogP contribution < -0.4 is 9.47 Å².